The third-order valence-corrected chi connectivity index (χ3v) is 3.17. The summed E-state index contributed by atoms with van der Waals surface area (Å²) in [5, 5.41) is 15.8. The average molecular weight is 320 g/mol. The Labute approximate surface area is 115 Å². The lowest BCUT2D eigenvalue weighted by molar-refractivity contribution is -0.384. The number of rotatable bonds is 2. The SMILES string of the molecule is O=[N+]([O-])c1ccc2cnn(-c3ncncc3Br)c2c1. The third kappa shape index (κ3) is 1.95. The molecule has 0 unspecified atom stereocenters. The van der Waals surface area contributed by atoms with Crippen LogP contribution < -0.4 is 0 Å². The molecule has 0 aliphatic heterocycles. The standard InChI is InChI=1S/C11H6BrN5O2/c12-9-5-13-6-14-11(9)16-10-3-8(17(18)19)2-1-7(10)4-15-16/h1-6H. The van der Waals surface area contributed by atoms with E-state index in [1.165, 1.54) is 23.1 Å². The van der Waals surface area contributed by atoms with Crippen molar-refractivity contribution in [3.8, 4) is 5.82 Å². The number of halogens is 1. The fourth-order valence-corrected chi connectivity index (χ4v) is 2.14. The van der Waals surface area contributed by atoms with Crippen LogP contribution in [0.3, 0.4) is 0 Å². The molecule has 8 heteroatoms. The van der Waals surface area contributed by atoms with Crippen LogP contribution in [0.4, 0.5) is 5.69 Å². The van der Waals surface area contributed by atoms with Crippen molar-refractivity contribution in [2.24, 2.45) is 0 Å². The number of hydrogen-bond donors (Lipinski definition) is 0. The molecule has 3 aromatic rings. The van der Waals surface area contributed by atoms with E-state index in [9.17, 15) is 10.1 Å². The summed E-state index contributed by atoms with van der Waals surface area (Å²) in [7, 11) is 0. The summed E-state index contributed by atoms with van der Waals surface area (Å²) in [5.41, 5.74) is 0.632. The molecule has 2 aromatic heterocycles. The van der Waals surface area contributed by atoms with Crippen LogP contribution in [-0.2, 0) is 0 Å². The molecule has 2 heterocycles. The molecule has 1 aromatic carbocycles. The maximum atomic E-state index is 10.8. The molecule has 0 bridgehead atoms. The van der Waals surface area contributed by atoms with Crippen molar-refractivity contribution in [3.63, 3.8) is 0 Å². The summed E-state index contributed by atoms with van der Waals surface area (Å²) in [6.07, 6.45) is 4.62. The fraction of sp³-hybridized carbons (Fsp3) is 0. The van der Waals surface area contributed by atoms with E-state index in [2.05, 4.69) is 31.0 Å². The summed E-state index contributed by atoms with van der Waals surface area (Å²) >= 11 is 3.33. The van der Waals surface area contributed by atoms with Crippen molar-refractivity contribution < 1.29 is 4.92 Å². The van der Waals surface area contributed by atoms with Gasteiger partial charge in [-0.3, -0.25) is 10.1 Å². The summed E-state index contributed by atoms with van der Waals surface area (Å²) in [6, 6.07) is 4.58. The summed E-state index contributed by atoms with van der Waals surface area (Å²) in [6.45, 7) is 0. The largest absolute Gasteiger partial charge is 0.271 e. The number of non-ortho nitro benzene ring substituents is 1. The molecule has 0 N–H and O–H groups in total. The second-order valence-electron chi connectivity index (χ2n) is 3.75. The lowest BCUT2D eigenvalue weighted by Gasteiger charge is -2.03. The minimum Gasteiger partial charge on any atom is -0.258 e. The minimum atomic E-state index is -0.439. The number of nitrogens with zero attached hydrogens (tertiary/aromatic N) is 5. The summed E-state index contributed by atoms with van der Waals surface area (Å²) in [4.78, 5) is 18.4. The minimum absolute atomic E-state index is 0.0134. The van der Waals surface area contributed by atoms with Gasteiger partial charge in [-0.25, -0.2) is 14.6 Å². The molecule has 7 nitrogen and oxygen atoms in total. The highest BCUT2D eigenvalue weighted by molar-refractivity contribution is 9.10. The lowest BCUT2D eigenvalue weighted by atomic mass is 10.2. The van der Waals surface area contributed by atoms with E-state index in [0.717, 1.165) is 5.39 Å². The molecule has 0 aliphatic carbocycles. The number of nitro benzene ring substituents is 1. The molecular formula is C11H6BrN5O2. The molecule has 0 saturated heterocycles. The van der Waals surface area contributed by atoms with Crippen molar-refractivity contribution in [1.82, 2.24) is 19.7 Å². The normalized spacial score (nSPS) is 10.8. The fourth-order valence-electron chi connectivity index (χ4n) is 1.75. The molecule has 3 rings (SSSR count). The number of nitro groups is 1. The van der Waals surface area contributed by atoms with Gasteiger partial charge >= 0.3 is 0 Å². The molecule has 0 spiro atoms. The first-order valence-electron chi connectivity index (χ1n) is 5.25. The van der Waals surface area contributed by atoms with Crippen LogP contribution in [0.15, 0.2) is 41.4 Å². The second-order valence-corrected chi connectivity index (χ2v) is 4.61. The van der Waals surface area contributed by atoms with Crippen LogP contribution in [0.5, 0.6) is 0 Å². The van der Waals surface area contributed by atoms with Gasteiger partial charge in [-0.05, 0) is 22.0 Å². The van der Waals surface area contributed by atoms with Crippen LogP contribution >= 0.6 is 15.9 Å². The molecular weight excluding hydrogens is 314 g/mol. The van der Waals surface area contributed by atoms with Crippen molar-refractivity contribution in [2.75, 3.05) is 0 Å². The molecule has 19 heavy (non-hydrogen) atoms. The zero-order valence-corrected chi connectivity index (χ0v) is 11.0. The quantitative estimate of drug-likeness (QED) is 0.535. The highest BCUT2D eigenvalue weighted by Crippen LogP contribution is 2.25. The van der Waals surface area contributed by atoms with Crippen molar-refractivity contribution in [1.29, 1.82) is 0 Å². The van der Waals surface area contributed by atoms with Crippen LogP contribution in [-0.4, -0.2) is 24.7 Å². The van der Waals surface area contributed by atoms with Crippen LogP contribution in [0.25, 0.3) is 16.7 Å². The second kappa shape index (κ2) is 4.39. The monoisotopic (exact) mass is 319 g/mol. The number of aromatic nitrogens is 4. The third-order valence-electron chi connectivity index (χ3n) is 2.61. The smallest absolute Gasteiger partial charge is 0.258 e. The van der Waals surface area contributed by atoms with Crippen molar-refractivity contribution >= 4 is 32.5 Å². The predicted octanol–water partition coefficient (Wildman–Crippen LogP) is 2.49. The Morgan fingerprint density at radius 3 is 2.89 bits per heavy atom. The molecule has 94 valence electrons. The van der Waals surface area contributed by atoms with Gasteiger partial charge in [0.2, 0.25) is 0 Å². The van der Waals surface area contributed by atoms with Gasteiger partial charge < -0.3 is 0 Å². The first kappa shape index (κ1) is 11.7. The van der Waals surface area contributed by atoms with E-state index < -0.39 is 4.92 Å². The Bertz CT molecular complexity index is 786. The van der Waals surface area contributed by atoms with Crippen molar-refractivity contribution in [2.45, 2.75) is 0 Å². The first-order valence-corrected chi connectivity index (χ1v) is 6.04. The molecule has 0 amide bonds. The van der Waals surface area contributed by atoms with Crippen LogP contribution in [0.1, 0.15) is 0 Å². The lowest BCUT2D eigenvalue weighted by Crippen LogP contribution is -2.01. The van der Waals surface area contributed by atoms with Gasteiger partial charge in [0.25, 0.3) is 5.69 Å². The Hall–Kier alpha value is -2.35. The van der Waals surface area contributed by atoms with E-state index >= 15 is 0 Å². The van der Waals surface area contributed by atoms with E-state index in [1.54, 1.807) is 18.5 Å². The van der Waals surface area contributed by atoms with Gasteiger partial charge in [0.15, 0.2) is 5.82 Å². The summed E-state index contributed by atoms with van der Waals surface area (Å²) < 4.78 is 2.19. The first-order chi connectivity index (χ1) is 9.16. The molecule has 0 saturated carbocycles. The highest BCUT2D eigenvalue weighted by atomic mass is 79.9. The van der Waals surface area contributed by atoms with Gasteiger partial charge in [-0.15, -0.1) is 0 Å². The van der Waals surface area contributed by atoms with Crippen molar-refractivity contribution in [3.05, 3.63) is 51.5 Å². The molecule has 0 atom stereocenters. The Balaban J connectivity index is 2.27. The van der Waals surface area contributed by atoms with E-state index in [0.29, 0.717) is 15.8 Å². The van der Waals surface area contributed by atoms with Gasteiger partial charge in [-0.2, -0.15) is 5.10 Å². The molecule has 0 radical (unpaired) electrons. The Kier molecular flexibility index (Phi) is 2.71. The van der Waals surface area contributed by atoms with Gasteiger partial charge in [-0.1, -0.05) is 0 Å². The van der Waals surface area contributed by atoms with Crippen LogP contribution in [0, 0.1) is 10.1 Å². The maximum absolute atomic E-state index is 10.8. The number of benzene rings is 1. The van der Waals surface area contributed by atoms with E-state index in [-0.39, 0.29) is 5.69 Å². The Morgan fingerprint density at radius 2 is 2.16 bits per heavy atom. The van der Waals surface area contributed by atoms with Gasteiger partial charge in [0, 0.05) is 23.7 Å². The van der Waals surface area contributed by atoms with Gasteiger partial charge in [0.1, 0.15) is 6.33 Å². The Morgan fingerprint density at radius 1 is 1.32 bits per heavy atom. The van der Waals surface area contributed by atoms with E-state index in [4.69, 9.17) is 0 Å². The zero-order chi connectivity index (χ0) is 13.4. The number of fused-ring (bicyclic) bond motifs is 1. The van der Waals surface area contributed by atoms with E-state index in [1.807, 2.05) is 0 Å². The highest BCUT2D eigenvalue weighted by Gasteiger charge is 2.13. The predicted molar refractivity (Wildman–Crippen MR) is 71.0 cm³/mol. The average Bonchev–Trinajstić information content (AvgIpc) is 2.82. The zero-order valence-electron chi connectivity index (χ0n) is 9.39. The number of hydrogen-bond acceptors (Lipinski definition) is 5. The molecule has 0 fully saturated rings. The topological polar surface area (TPSA) is 86.7 Å². The summed E-state index contributed by atoms with van der Waals surface area (Å²) in [5.74, 6) is 0.533. The van der Waals surface area contributed by atoms with Crippen LogP contribution in [0.2, 0.25) is 0 Å². The van der Waals surface area contributed by atoms with Gasteiger partial charge in [0.05, 0.1) is 21.1 Å². The maximum Gasteiger partial charge on any atom is 0.271 e. The molecule has 0 aliphatic rings.